The second kappa shape index (κ2) is 5.65. The molecule has 0 aliphatic rings. The highest BCUT2D eigenvalue weighted by molar-refractivity contribution is 7.98. The molecule has 1 aromatic rings. The maximum absolute atomic E-state index is 11.7. The van der Waals surface area contributed by atoms with Crippen LogP contribution in [-0.4, -0.2) is 34.2 Å². The summed E-state index contributed by atoms with van der Waals surface area (Å²) in [4.78, 5) is 11.7. The predicted molar refractivity (Wildman–Crippen MR) is 63.0 cm³/mol. The Morgan fingerprint density at radius 1 is 1.73 bits per heavy atom. The zero-order chi connectivity index (χ0) is 11.3. The maximum Gasteiger partial charge on any atom is 0.271 e. The summed E-state index contributed by atoms with van der Waals surface area (Å²) in [5, 5.41) is 6.81. The molecule has 0 aliphatic carbocycles. The van der Waals surface area contributed by atoms with Crippen molar-refractivity contribution in [2.45, 2.75) is 13.5 Å². The molecule has 3 N–H and O–H groups in total. The summed E-state index contributed by atoms with van der Waals surface area (Å²) in [6, 6.07) is 0. The van der Waals surface area contributed by atoms with Gasteiger partial charge in [0.2, 0.25) is 0 Å². The van der Waals surface area contributed by atoms with Crippen molar-refractivity contribution < 1.29 is 4.79 Å². The molecule has 0 unspecified atom stereocenters. The Labute approximate surface area is 93.4 Å². The van der Waals surface area contributed by atoms with Crippen LogP contribution in [-0.2, 0) is 6.54 Å². The lowest BCUT2D eigenvalue weighted by Gasteiger charge is -2.06. The van der Waals surface area contributed by atoms with E-state index in [2.05, 4.69) is 10.4 Å². The van der Waals surface area contributed by atoms with Crippen LogP contribution in [0, 0.1) is 0 Å². The monoisotopic (exact) mass is 228 g/mol. The van der Waals surface area contributed by atoms with Gasteiger partial charge in [0.15, 0.2) is 0 Å². The minimum absolute atomic E-state index is 0.152. The highest BCUT2D eigenvalue weighted by atomic mass is 32.2. The average molecular weight is 228 g/mol. The van der Waals surface area contributed by atoms with Crippen LogP contribution in [0.4, 0.5) is 5.69 Å². The molecule has 0 aromatic carbocycles. The van der Waals surface area contributed by atoms with Gasteiger partial charge >= 0.3 is 0 Å². The number of amides is 1. The Hall–Kier alpha value is -1.17. The van der Waals surface area contributed by atoms with Gasteiger partial charge in [-0.2, -0.15) is 16.9 Å². The fraction of sp³-hybridized carbons (Fsp3) is 0.556. The van der Waals surface area contributed by atoms with Gasteiger partial charge in [-0.15, -0.1) is 0 Å². The van der Waals surface area contributed by atoms with Crippen LogP contribution in [0.15, 0.2) is 6.20 Å². The Bertz CT molecular complexity index is 337. The average Bonchev–Trinajstić information content (AvgIpc) is 2.59. The summed E-state index contributed by atoms with van der Waals surface area (Å²) in [5.74, 6) is 0.743. The fourth-order valence-corrected chi connectivity index (χ4v) is 1.54. The molecule has 0 spiro atoms. The van der Waals surface area contributed by atoms with Gasteiger partial charge in [-0.3, -0.25) is 9.48 Å². The third-order valence-electron chi connectivity index (χ3n) is 1.97. The molecule has 0 atom stereocenters. The van der Waals surface area contributed by atoms with Crippen molar-refractivity contribution in [3.05, 3.63) is 11.9 Å². The summed E-state index contributed by atoms with van der Waals surface area (Å²) in [7, 11) is 0. The molecule has 0 bridgehead atoms. The normalized spacial score (nSPS) is 10.3. The molecule has 0 radical (unpaired) electrons. The zero-order valence-corrected chi connectivity index (χ0v) is 9.80. The van der Waals surface area contributed by atoms with Crippen LogP contribution in [0.2, 0.25) is 0 Å². The molecule has 6 heteroatoms. The second-order valence-corrected chi connectivity index (χ2v) is 4.00. The van der Waals surface area contributed by atoms with Gasteiger partial charge in [0, 0.05) is 18.8 Å². The molecule has 0 saturated heterocycles. The third kappa shape index (κ3) is 2.89. The number of nitrogens with two attached hydrogens (primary N) is 1. The highest BCUT2D eigenvalue weighted by Crippen LogP contribution is 2.10. The lowest BCUT2D eigenvalue weighted by molar-refractivity contribution is 0.0946. The number of anilines is 1. The molecule has 1 rings (SSSR count). The topological polar surface area (TPSA) is 72.9 Å². The van der Waals surface area contributed by atoms with Crippen molar-refractivity contribution in [2.75, 3.05) is 24.3 Å². The van der Waals surface area contributed by atoms with Crippen molar-refractivity contribution in [3.63, 3.8) is 0 Å². The maximum atomic E-state index is 11.7. The van der Waals surface area contributed by atoms with Crippen LogP contribution in [0.3, 0.4) is 0 Å². The number of hydrogen-bond donors (Lipinski definition) is 2. The van der Waals surface area contributed by atoms with E-state index in [1.54, 1.807) is 16.4 Å². The lowest BCUT2D eigenvalue weighted by Crippen LogP contribution is -2.28. The van der Waals surface area contributed by atoms with E-state index >= 15 is 0 Å². The number of aromatic nitrogens is 2. The van der Waals surface area contributed by atoms with Crippen LogP contribution in [0.5, 0.6) is 0 Å². The summed E-state index contributed by atoms with van der Waals surface area (Å²) in [6.45, 7) is 3.21. The van der Waals surface area contributed by atoms with E-state index in [4.69, 9.17) is 5.73 Å². The zero-order valence-electron chi connectivity index (χ0n) is 8.99. The minimum Gasteiger partial charge on any atom is -0.396 e. The van der Waals surface area contributed by atoms with Crippen LogP contribution in [0.1, 0.15) is 17.4 Å². The smallest absolute Gasteiger partial charge is 0.271 e. The van der Waals surface area contributed by atoms with E-state index < -0.39 is 0 Å². The van der Waals surface area contributed by atoms with Gasteiger partial charge in [-0.1, -0.05) is 0 Å². The SMILES string of the molecule is CCn1ncc(N)c1C(=O)NCCSC. The number of thioether (sulfide) groups is 1. The van der Waals surface area contributed by atoms with E-state index in [1.165, 1.54) is 6.20 Å². The number of nitrogens with one attached hydrogen (secondary N) is 1. The number of nitrogens with zero attached hydrogens (tertiary/aromatic N) is 2. The fourth-order valence-electron chi connectivity index (χ4n) is 1.24. The molecule has 1 amide bonds. The van der Waals surface area contributed by atoms with Crippen molar-refractivity contribution in [2.24, 2.45) is 0 Å². The molecule has 84 valence electrons. The Balaban J connectivity index is 2.67. The standard InChI is InChI=1S/C9H16N4OS/c1-3-13-8(7(10)6-12-13)9(14)11-4-5-15-2/h6H,3-5,10H2,1-2H3,(H,11,14). The van der Waals surface area contributed by atoms with Crippen molar-refractivity contribution in [1.29, 1.82) is 0 Å². The van der Waals surface area contributed by atoms with Gasteiger partial charge in [-0.05, 0) is 13.2 Å². The summed E-state index contributed by atoms with van der Waals surface area (Å²) in [6.07, 6.45) is 3.50. The van der Waals surface area contributed by atoms with E-state index in [-0.39, 0.29) is 5.91 Å². The van der Waals surface area contributed by atoms with Crippen molar-refractivity contribution >= 4 is 23.4 Å². The molecule has 15 heavy (non-hydrogen) atoms. The Morgan fingerprint density at radius 3 is 3.07 bits per heavy atom. The van der Waals surface area contributed by atoms with Crippen molar-refractivity contribution in [1.82, 2.24) is 15.1 Å². The summed E-state index contributed by atoms with van der Waals surface area (Å²) >= 11 is 1.69. The Kier molecular flexibility index (Phi) is 4.48. The lowest BCUT2D eigenvalue weighted by atomic mass is 10.3. The largest absolute Gasteiger partial charge is 0.396 e. The first-order valence-corrected chi connectivity index (χ1v) is 6.18. The number of aryl methyl sites for hydroxylation is 1. The van der Waals surface area contributed by atoms with E-state index in [0.29, 0.717) is 24.5 Å². The highest BCUT2D eigenvalue weighted by Gasteiger charge is 2.14. The molecule has 5 nitrogen and oxygen atoms in total. The van der Waals surface area contributed by atoms with Crippen LogP contribution < -0.4 is 11.1 Å². The summed E-state index contributed by atoms with van der Waals surface area (Å²) in [5.41, 5.74) is 6.56. The number of rotatable bonds is 5. The molecule has 1 aromatic heterocycles. The van der Waals surface area contributed by atoms with Crippen LogP contribution in [0.25, 0.3) is 0 Å². The Morgan fingerprint density at radius 2 is 2.47 bits per heavy atom. The van der Waals surface area contributed by atoms with Gasteiger partial charge in [-0.25, -0.2) is 0 Å². The van der Waals surface area contributed by atoms with E-state index in [1.807, 2.05) is 13.2 Å². The second-order valence-electron chi connectivity index (χ2n) is 3.01. The molecule has 1 heterocycles. The molecule has 0 fully saturated rings. The first kappa shape index (κ1) is 11.9. The number of carbonyl (C=O) groups is 1. The third-order valence-corrected chi connectivity index (χ3v) is 2.59. The van der Waals surface area contributed by atoms with Crippen molar-refractivity contribution in [3.8, 4) is 0 Å². The summed E-state index contributed by atoms with van der Waals surface area (Å²) < 4.78 is 1.60. The number of carbonyl (C=O) groups excluding carboxylic acids is 1. The van der Waals surface area contributed by atoms with Gasteiger partial charge in [0.25, 0.3) is 5.91 Å². The van der Waals surface area contributed by atoms with E-state index in [0.717, 1.165) is 5.75 Å². The predicted octanol–water partition coefficient (Wildman–Crippen LogP) is 0.578. The first-order chi connectivity index (χ1) is 7.20. The number of hydrogen-bond acceptors (Lipinski definition) is 4. The van der Waals surface area contributed by atoms with Gasteiger partial charge in [0.1, 0.15) is 5.69 Å². The van der Waals surface area contributed by atoms with Crippen LogP contribution >= 0.6 is 11.8 Å². The molecular weight excluding hydrogens is 212 g/mol. The van der Waals surface area contributed by atoms with E-state index in [9.17, 15) is 4.79 Å². The molecule has 0 saturated carbocycles. The molecular formula is C9H16N4OS. The minimum atomic E-state index is -0.152. The quantitative estimate of drug-likeness (QED) is 0.723. The first-order valence-electron chi connectivity index (χ1n) is 4.79. The number of nitrogen functional groups attached to an aromatic ring is 1. The molecule has 0 aliphatic heterocycles. The van der Waals surface area contributed by atoms with Gasteiger partial charge in [0.05, 0.1) is 11.9 Å². The van der Waals surface area contributed by atoms with Gasteiger partial charge < -0.3 is 11.1 Å².